The summed E-state index contributed by atoms with van der Waals surface area (Å²) in [6.45, 7) is 1.56. The number of carbonyl (C=O) groups is 2. The molecule has 0 heterocycles. The minimum atomic E-state index is -1.04. The largest absolute Gasteiger partial charge is 0.480 e. The van der Waals surface area contributed by atoms with Crippen molar-refractivity contribution in [3.05, 3.63) is 35.9 Å². The number of rotatable bonds is 5. The second-order valence-corrected chi connectivity index (χ2v) is 3.59. The van der Waals surface area contributed by atoms with Crippen LogP contribution in [-0.2, 0) is 14.3 Å². The highest BCUT2D eigenvalue weighted by molar-refractivity contribution is 5.79. The van der Waals surface area contributed by atoms with Crippen LogP contribution in [0.15, 0.2) is 30.3 Å². The molecule has 0 aliphatic carbocycles. The Kier molecular flexibility index (Phi) is 4.66. The van der Waals surface area contributed by atoms with Crippen LogP contribution in [0.1, 0.15) is 18.5 Å². The van der Waals surface area contributed by atoms with E-state index in [9.17, 15) is 9.59 Å². The van der Waals surface area contributed by atoms with E-state index in [1.807, 2.05) is 0 Å². The van der Waals surface area contributed by atoms with Crippen LogP contribution in [0, 0.1) is 0 Å². The molecule has 0 spiro atoms. The van der Waals surface area contributed by atoms with Crippen molar-refractivity contribution < 1.29 is 19.4 Å². The van der Waals surface area contributed by atoms with Crippen LogP contribution in [0.3, 0.4) is 0 Å². The summed E-state index contributed by atoms with van der Waals surface area (Å²) in [4.78, 5) is 22.4. The van der Waals surface area contributed by atoms with Gasteiger partial charge in [-0.3, -0.25) is 14.9 Å². The van der Waals surface area contributed by atoms with Gasteiger partial charge in [-0.15, -0.1) is 0 Å². The molecule has 92 valence electrons. The van der Waals surface area contributed by atoms with Crippen LogP contribution in [0.4, 0.5) is 0 Å². The van der Waals surface area contributed by atoms with Gasteiger partial charge >= 0.3 is 11.9 Å². The van der Waals surface area contributed by atoms with E-state index in [-0.39, 0.29) is 0 Å². The highest BCUT2D eigenvalue weighted by atomic mass is 16.5. The summed E-state index contributed by atoms with van der Waals surface area (Å²) in [5, 5.41) is 11.8. The van der Waals surface area contributed by atoms with Crippen molar-refractivity contribution in [2.45, 2.75) is 19.0 Å². The first kappa shape index (κ1) is 13.2. The summed E-state index contributed by atoms with van der Waals surface area (Å²) < 4.78 is 4.53. The van der Waals surface area contributed by atoms with E-state index in [2.05, 4.69) is 10.1 Å². The molecule has 0 fully saturated rings. The van der Waals surface area contributed by atoms with Gasteiger partial charge in [0.25, 0.3) is 0 Å². The van der Waals surface area contributed by atoms with Gasteiger partial charge in [0, 0.05) is 0 Å². The summed E-state index contributed by atoms with van der Waals surface area (Å²) in [5.41, 5.74) is 0.593. The average molecular weight is 237 g/mol. The molecule has 1 aromatic carbocycles. The molecule has 5 heteroatoms. The van der Waals surface area contributed by atoms with E-state index in [1.54, 1.807) is 37.3 Å². The van der Waals surface area contributed by atoms with E-state index in [1.165, 1.54) is 7.11 Å². The second-order valence-electron chi connectivity index (χ2n) is 3.59. The third kappa shape index (κ3) is 3.57. The fourth-order valence-corrected chi connectivity index (χ4v) is 1.45. The average Bonchev–Trinajstić information content (AvgIpc) is 2.35. The maximum Gasteiger partial charge on any atom is 0.325 e. The lowest BCUT2D eigenvalue weighted by Gasteiger charge is -2.18. The van der Waals surface area contributed by atoms with Gasteiger partial charge < -0.3 is 9.84 Å². The number of carbonyl (C=O) groups excluding carboxylic acids is 1. The van der Waals surface area contributed by atoms with E-state index in [0.29, 0.717) is 5.56 Å². The van der Waals surface area contributed by atoms with Gasteiger partial charge in [0.15, 0.2) is 0 Å². The van der Waals surface area contributed by atoms with Crippen LogP contribution in [-0.4, -0.2) is 30.2 Å². The number of esters is 1. The number of ether oxygens (including phenoxy) is 1. The Morgan fingerprint density at radius 3 is 2.35 bits per heavy atom. The van der Waals surface area contributed by atoms with Crippen LogP contribution in [0.2, 0.25) is 0 Å². The predicted octanol–water partition coefficient (Wildman–Crippen LogP) is 0.963. The normalized spacial score (nSPS) is 13.8. The number of benzene rings is 1. The molecule has 0 radical (unpaired) electrons. The van der Waals surface area contributed by atoms with Gasteiger partial charge in [0.05, 0.1) is 7.11 Å². The van der Waals surface area contributed by atoms with Gasteiger partial charge in [-0.2, -0.15) is 0 Å². The number of carboxylic acid groups (broad SMARTS) is 1. The zero-order valence-electron chi connectivity index (χ0n) is 9.71. The minimum Gasteiger partial charge on any atom is -0.480 e. The lowest BCUT2D eigenvalue weighted by molar-refractivity contribution is -0.144. The summed E-state index contributed by atoms with van der Waals surface area (Å²) in [6.07, 6.45) is 0. The van der Waals surface area contributed by atoms with Gasteiger partial charge in [0.2, 0.25) is 0 Å². The van der Waals surface area contributed by atoms with E-state index < -0.39 is 24.0 Å². The molecule has 2 atom stereocenters. The molecule has 0 aromatic heterocycles. The molecule has 1 rings (SSSR count). The molecule has 0 aliphatic heterocycles. The zero-order chi connectivity index (χ0) is 12.8. The third-order valence-corrected chi connectivity index (χ3v) is 2.35. The van der Waals surface area contributed by atoms with Crippen molar-refractivity contribution in [1.82, 2.24) is 5.32 Å². The van der Waals surface area contributed by atoms with Crippen LogP contribution < -0.4 is 5.32 Å². The van der Waals surface area contributed by atoms with Crippen LogP contribution in [0.25, 0.3) is 0 Å². The molecule has 1 aromatic rings. The SMILES string of the molecule is COC(=O)C(C)NC(C(=O)O)c1ccccc1. The molecular weight excluding hydrogens is 222 g/mol. The van der Waals surface area contributed by atoms with Crippen LogP contribution in [0.5, 0.6) is 0 Å². The van der Waals surface area contributed by atoms with Crippen molar-refractivity contribution in [1.29, 1.82) is 0 Å². The second kappa shape index (κ2) is 6.00. The predicted molar refractivity (Wildman–Crippen MR) is 61.4 cm³/mol. The Morgan fingerprint density at radius 1 is 1.29 bits per heavy atom. The van der Waals surface area contributed by atoms with Gasteiger partial charge in [0.1, 0.15) is 12.1 Å². The van der Waals surface area contributed by atoms with Crippen molar-refractivity contribution >= 4 is 11.9 Å². The topological polar surface area (TPSA) is 75.6 Å². The number of methoxy groups -OCH3 is 1. The highest BCUT2D eigenvalue weighted by Crippen LogP contribution is 2.13. The zero-order valence-corrected chi connectivity index (χ0v) is 9.71. The molecule has 2 unspecified atom stereocenters. The fourth-order valence-electron chi connectivity index (χ4n) is 1.45. The molecule has 17 heavy (non-hydrogen) atoms. The first-order valence-electron chi connectivity index (χ1n) is 5.18. The maximum atomic E-state index is 11.2. The summed E-state index contributed by atoms with van der Waals surface area (Å²) in [6, 6.07) is 7.06. The molecule has 0 saturated heterocycles. The Balaban J connectivity index is 2.82. The van der Waals surface area contributed by atoms with Gasteiger partial charge in [-0.05, 0) is 12.5 Å². The van der Waals surface area contributed by atoms with Crippen LogP contribution >= 0.6 is 0 Å². The standard InChI is InChI=1S/C12H15NO4/c1-8(12(16)17-2)13-10(11(14)15)9-6-4-3-5-7-9/h3-8,10,13H,1-2H3,(H,14,15). The third-order valence-electron chi connectivity index (χ3n) is 2.35. The number of hydrogen-bond acceptors (Lipinski definition) is 4. The van der Waals surface area contributed by atoms with E-state index in [0.717, 1.165) is 0 Å². The summed E-state index contributed by atoms with van der Waals surface area (Å²) in [5.74, 6) is -1.53. The number of carboxylic acids is 1. The number of nitrogens with one attached hydrogen (secondary N) is 1. The lowest BCUT2D eigenvalue weighted by atomic mass is 10.1. The molecule has 0 bridgehead atoms. The smallest absolute Gasteiger partial charge is 0.325 e. The fraction of sp³-hybridized carbons (Fsp3) is 0.333. The van der Waals surface area contributed by atoms with Crippen molar-refractivity contribution in [2.75, 3.05) is 7.11 Å². The molecular formula is C12H15NO4. The maximum absolute atomic E-state index is 11.2. The molecule has 0 saturated carbocycles. The monoisotopic (exact) mass is 237 g/mol. The first-order valence-corrected chi connectivity index (χ1v) is 5.18. The lowest BCUT2D eigenvalue weighted by Crippen LogP contribution is -2.40. The molecule has 0 aliphatic rings. The summed E-state index contributed by atoms with van der Waals surface area (Å²) in [7, 11) is 1.26. The number of hydrogen-bond donors (Lipinski definition) is 2. The molecule has 5 nitrogen and oxygen atoms in total. The Morgan fingerprint density at radius 2 is 1.88 bits per heavy atom. The molecule has 2 N–H and O–H groups in total. The van der Waals surface area contributed by atoms with Gasteiger partial charge in [-0.1, -0.05) is 30.3 Å². The Labute approximate surface area is 99.4 Å². The first-order chi connectivity index (χ1) is 8.06. The number of aliphatic carboxylic acids is 1. The van der Waals surface area contributed by atoms with Crippen molar-refractivity contribution in [3.63, 3.8) is 0 Å². The Hall–Kier alpha value is -1.88. The minimum absolute atomic E-state index is 0.493. The van der Waals surface area contributed by atoms with Crippen molar-refractivity contribution in [2.24, 2.45) is 0 Å². The highest BCUT2D eigenvalue weighted by Gasteiger charge is 2.24. The van der Waals surface area contributed by atoms with E-state index in [4.69, 9.17) is 5.11 Å². The molecule has 0 amide bonds. The quantitative estimate of drug-likeness (QED) is 0.746. The van der Waals surface area contributed by atoms with Crippen molar-refractivity contribution in [3.8, 4) is 0 Å². The van der Waals surface area contributed by atoms with E-state index >= 15 is 0 Å². The van der Waals surface area contributed by atoms with Gasteiger partial charge in [-0.25, -0.2) is 0 Å². The Bertz CT molecular complexity index is 391. The summed E-state index contributed by atoms with van der Waals surface area (Å²) >= 11 is 0.